The van der Waals surface area contributed by atoms with Crippen LogP contribution in [0.4, 0.5) is 11.4 Å². The third kappa shape index (κ3) is 9.05. The molecule has 2 N–H and O–H groups in total. The van der Waals surface area contributed by atoms with Gasteiger partial charge in [0, 0.05) is 17.8 Å². The number of esters is 2. The molecule has 0 aromatic heterocycles. The number of rotatable bonds is 10. The number of ether oxygens (including phenoxy) is 2. The molecule has 168 valence electrons. The van der Waals surface area contributed by atoms with Gasteiger partial charge in [-0.15, -0.1) is 0 Å². The number of benzene rings is 2. The summed E-state index contributed by atoms with van der Waals surface area (Å²) in [7, 11) is -6.94. The predicted molar refractivity (Wildman–Crippen MR) is 115 cm³/mol. The third-order valence-electron chi connectivity index (χ3n) is 3.56. The van der Waals surface area contributed by atoms with Crippen LogP contribution in [0, 0.1) is 0 Å². The zero-order chi connectivity index (χ0) is 23.1. The van der Waals surface area contributed by atoms with Gasteiger partial charge in [-0.3, -0.25) is 9.44 Å². The number of sulfonamides is 2. The van der Waals surface area contributed by atoms with Gasteiger partial charge in [-0.1, -0.05) is 12.1 Å². The molecule has 0 atom stereocenters. The zero-order valence-electron chi connectivity index (χ0n) is 16.8. The molecule has 2 rings (SSSR count). The molecule has 0 fully saturated rings. The normalized spacial score (nSPS) is 11.4. The van der Waals surface area contributed by atoms with E-state index in [1.165, 1.54) is 48.5 Å². The first-order chi connectivity index (χ1) is 14.4. The van der Waals surface area contributed by atoms with Crippen LogP contribution in [0.25, 0.3) is 0 Å². The fraction of sp³-hybridized carbons (Fsp3) is 0.263. The highest BCUT2D eigenvalue weighted by molar-refractivity contribution is 7.92. The van der Waals surface area contributed by atoms with E-state index in [0.29, 0.717) is 0 Å². The molecule has 0 saturated carbocycles. The maximum Gasteiger partial charge on any atom is 0.338 e. The molecule has 2 aromatic carbocycles. The molecule has 0 bridgehead atoms. The van der Waals surface area contributed by atoms with Crippen molar-refractivity contribution in [2.75, 3.05) is 35.2 Å². The van der Waals surface area contributed by atoms with Gasteiger partial charge in [0.1, 0.15) is 0 Å². The molecule has 31 heavy (non-hydrogen) atoms. The standard InChI is InChI=1S/C19H22N2O8S2/c1-30(24,25)20-16-8-3-6-14(12-16)18(22)28-10-5-11-29-19(23)15-7-4-9-17(13-15)21-31(2,26)27/h3-4,6-9,12-13,20-21H,5,10-11H2,1-2H3. The van der Waals surface area contributed by atoms with Crippen molar-refractivity contribution < 1.29 is 35.9 Å². The van der Waals surface area contributed by atoms with Crippen LogP contribution < -0.4 is 9.44 Å². The maximum absolute atomic E-state index is 12.1. The highest BCUT2D eigenvalue weighted by Gasteiger charge is 2.11. The van der Waals surface area contributed by atoms with Gasteiger partial charge in [-0.05, 0) is 36.4 Å². The number of hydrogen-bond donors (Lipinski definition) is 2. The van der Waals surface area contributed by atoms with Crippen LogP contribution in [0.1, 0.15) is 27.1 Å². The largest absolute Gasteiger partial charge is 0.462 e. The molecule has 0 amide bonds. The number of anilines is 2. The van der Waals surface area contributed by atoms with E-state index in [9.17, 15) is 26.4 Å². The Balaban J connectivity index is 1.79. The lowest BCUT2D eigenvalue weighted by atomic mass is 10.2. The van der Waals surface area contributed by atoms with Crippen molar-refractivity contribution in [3.05, 3.63) is 59.7 Å². The lowest BCUT2D eigenvalue weighted by Crippen LogP contribution is -2.13. The second-order valence-electron chi connectivity index (χ2n) is 6.54. The summed E-state index contributed by atoms with van der Waals surface area (Å²) in [6.07, 6.45) is 2.23. The zero-order valence-corrected chi connectivity index (χ0v) is 18.5. The first-order valence-electron chi connectivity index (χ1n) is 8.93. The summed E-state index contributed by atoms with van der Waals surface area (Å²) < 4.78 is 59.8. The van der Waals surface area contributed by atoms with E-state index >= 15 is 0 Å². The summed E-state index contributed by atoms with van der Waals surface area (Å²) in [6.45, 7) is -0.0446. The fourth-order valence-corrected chi connectivity index (χ4v) is 3.51. The third-order valence-corrected chi connectivity index (χ3v) is 4.77. The molecule has 0 heterocycles. The van der Waals surface area contributed by atoms with Crippen LogP contribution in [0.5, 0.6) is 0 Å². The molecule has 0 aliphatic heterocycles. The van der Waals surface area contributed by atoms with Crippen molar-refractivity contribution in [2.24, 2.45) is 0 Å². The summed E-state index contributed by atoms with van der Waals surface area (Å²) in [5, 5.41) is 0. The van der Waals surface area contributed by atoms with E-state index in [4.69, 9.17) is 9.47 Å². The number of carbonyl (C=O) groups is 2. The first-order valence-corrected chi connectivity index (χ1v) is 12.7. The summed E-state index contributed by atoms with van der Waals surface area (Å²) in [5.41, 5.74) is 0.804. The van der Waals surface area contributed by atoms with E-state index in [1.54, 1.807) is 0 Å². The van der Waals surface area contributed by atoms with Crippen LogP contribution in [0.15, 0.2) is 48.5 Å². The SMILES string of the molecule is CS(=O)(=O)Nc1cccc(C(=O)OCCCOC(=O)c2cccc(NS(C)(=O)=O)c2)c1. The quantitative estimate of drug-likeness (QED) is 0.395. The molecule has 12 heteroatoms. The molecular formula is C19H22N2O8S2. The Morgan fingerprint density at radius 3 is 1.48 bits per heavy atom. The molecule has 10 nitrogen and oxygen atoms in total. The van der Waals surface area contributed by atoms with Crippen molar-refractivity contribution in [3.63, 3.8) is 0 Å². The summed E-state index contributed by atoms with van der Waals surface area (Å²) in [4.78, 5) is 24.1. The summed E-state index contributed by atoms with van der Waals surface area (Å²) >= 11 is 0. The van der Waals surface area contributed by atoms with Crippen LogP contribution >= 0.6 is 0 Å². The molecule has 2 aromatic rings. The average molecular weight is 471 g/mol. The van der Waals surface area contributed by atoms with Crippen LogP contribution in [0.2, 0.25) is 0 Å². The van der Waals surface area contributed by atoms with Gasteiger partial charge in [0.2, 0.25) is 20.0 Å². The minimum absolute atomic E-state index is 0.0223. The Morgan fingerprint density at radius 2 is 1.13 bits per heavy atom. The fourth-order valence-electron chi connectivity index (χ4n) is 2.40. The van der Waals surface area contributed by atoms with Gasteiger partial charge in [0.05, 0.1) is 36.9 Å². The van der Waals surface area contributed by atoms with Crippen molar-refractivity contribution >= 4 is 43.4 Å². The molecule has 0 radical (unpaired) electrons. The summed E-state index contributed by atoms with van der Waals surface area (Å²) in [6, 6.07) is 11.7. The smallest absolute Gasteiger partial charge is 0.338 e. The van der Waals surface area contributed by atoms with Crippen LogP contribution in [0.3, 0.4) is 0 Å². The second-order valence-corrected chi connectivity index (χ2v) is 10.0. The monoisotopic (exact) mass is 470 g/mol. The van der Waals surface area contributed by atoms with E-state index in [0.717, 1.165) is 12.5 Å². The van der Waals surface area contributed by atoms with Gasteiger partial charge in [-0.2, -0.15) is 0 Å². The number of nitrogens with one attached hydrogen (secondary N) is 2. The van der Waals surface area contributed by atoms with Gasteiger partial charge < -0.3 is 9.47 Å². The van der Waals surface area contributed by atoms with E-state index < -0.39 is 32.0 Å². The van der Waals surface area contributed by atoms with Gasteiger partial charge in [-0.25, -0.2) is 26.4 Å². The molecule has 0 aliphatic rings. The molecule has 0 aliphatic carbocycles. The lowest BCUT2D eigenvalue weighted by Gasteiger charge is -2.09. The van der Waals surface area contributed by atoms with Crippen molar-refractivity contribution in [1.29, 1.82) is 0 Å². The average Bonchev–Trinajstić information content (AvgIpc) is 2.65. The Hall–Kier alpha value is -3.12. The van der Waals surface area contributed by atoms with Gasteiger partial charge in [0.15, 0.2) is 0 Å². The molecular weight excluding hydrogens is 448 g/mol. The topological polar surface area (TPSA) is 145 Å². The Kier molecular flexibility index (Phi) is 8.00. The number of hydrogen-bond acceptors (Lipinski definition) is 8. The maximum atomic E-state index is 12.1. The highest BCUT2D eigenvalue weighted by Crippen LogP contribution is 2.14. The molecule has 0 saturated heterocycles. The van der Waals surface area contributed by atoms with Gasteiger partial charge in [0.25, 0.3) is 0 Å². The lowest BCUT2D eigenvalue weighted by molar-refractivity contribution is 0.0396. The Labute approximate surface area is 180 Å². The minimum Gasteiger partial charge on any atom is -0.462 e. The van der Waals surface area contributed by atoms with Crippen molar-refractivity contribution in [3.8, 4) is 0 Å². The second kappa shape index (κ2) is 10.3. The molecule has 0 spiro atoms. The van der Waals surface area contributed by atoms with E-state index in [2.05, 4.69) is 9.44 Å². The summed E-state index contributed by atoms with van der Waals surface area (Å²) in [5.74, 6) is -1.30. The minimum atomic E-state index is -3.47. The predicted octanol–water partition coefficient (Wildman–Crippen LogP) is 1.83. The van der Waals surface area contributed by atoms with E-state index in [-0.39, 0.29) is 42.1 Å². The first kappa shape index (κ1) is 24.2. The number of carbonyl (C=O) groups excluding carboxylic acids is 2. The molecule has 0 unspecified atom stereocenters. The Morgan fingerprint density at radius 1 is 0.742 bits per heavy atom. The van der Waals surface area contributed by atoms with Crippen LogP contribution in [-0.4, -0.2) is 54.5 Å². The van der Waals surface area contributed by atoms with Gasteiger partial charge >= 0.3 is 11.9 Å². The van der Waals surface area contributed by atoms with E-state index in [1.807, 2.05) is 0 Å². The van der Waals surface area contributed by atoms with Crippen molar-refractivity contribution in [1.82, 2.24) is 0 Å². The van der Waals surface area contributed by atoms with Crippen LogP contribution in [-0.2, 0) is 29.5 Å². The highest BCUT2D eigenvalue weighted by atomic mass is 32.2. The van der Waals surface area contributed by atoms with Crippen molar-refractivity contribution in [2.45, 2.75) is 6.42 Å². The Bertz CT molecular complexity index is 1070.